The number of benzene rings is 1. The fourth-order valence-corrected chi connectivity index (χ4v) is 8.35. The largest absolute Gasteiger partial charge is 0.508 e. The molecule has 0 radical (unpaired) electrons. The van der Waals surface area contributed by atoms with Crippen molar-refractivity contribution in [2.45, 2.75) is 245 Å². The van der Waals surface area contributed by atoms with Crippen molar-refractivity contribution in [3.8, 4) is 0 Å². The minimum atomic E-state index is -0.512. The summed E-state index contributed by atoms with van der Waals surface area (Å²) in [4.78, 5) is 31.9. The molecule has 1 aromatic carbocycles. The normalized spacial score (nSPS) is 12.2. The molecule has 9 nitrogen and oxygen atoms in total. The van der Waals surface area contributed by atoms with Gasteiger partial charge in [0.15, 0.2) is 0 Å². The van der Waals surface area contributed by atoms with Crippen LogP contribution in [0.25, 0.3) is 11.0 Å². The number of para-hydroxylation sites is 2. The predicted molar refractivity (Wildman–Crippen MR) is 254 cm³/mol. The lowest BCUT2D eigenvalue weighted by atomic mass is 10.0. The van der Waals surface area contributed by atoms with E-state index in [4.69, 9.17) is 14.2 Å². The monoisotopic (exact) mass is 856 g/mol. The van der Waals surface area contributed by atoms with Gasteiger partial charge in [-0.1, -0.05) is 174 Å². The maximum absolute atomic E-state index is 12.6. The SMILES string of the molecule is CCCCCCCCCCCOC(=O)CCCCCN(CCCCCCCOC(=O)OC(CCCCCCCC)CCCCCCCC)CC(O)Cn1cnc2ccccc21. The van der Waals surface area contributed by atoms with Gasteiger partial charge in [0.1, 0.15) is 6.10 Å². The number of aliphatic hydroxyl groups excluding tert-OH is 1. The number of rotatable bonds is 43. The standard InChI is InChI=1S/C52H93N3O6/c1-4-7-10-13-16-17-18-23-33-42-59-51(57)39-28-25-32-41-54(44-47(56)45-55-46-53-49-37-29-30-38-50(49)55)40-31-22-19-24-34-43-60-52(58)61-48(35-26-20-14-11-8-5-2)36-27-21-15-12-9-6-3/h29-30,37-38,46-48,56H,4-28,31-36,39-45H2,1-3H3. The van der Waals surface area contributed by atoms with Crippen LogP contribution in [0, 0.1) is 0 Å². The average molecular weight is 856 g/mol. The summed E-state index contributed by atoms with van der Waals surface area (Å²) in [7, 11) is 0. The molecule has 0 saturated heterocycles. The van der Waals surface area contributed by atoms with Gasteiger partial charge in [-0.3, -0.25) is 4.79 Å². The van der Waals surface area contributed by atoms with Gasteiger partial charge in [0, 0.05) is 13.0 Å². The highest BCUT2D eigenvalue weighted by molar-refractivity contribution is 5.74. The molecule has 0 aliphatic heterocycles. The summed E-state index contributed by atoms with van der Waals surface area (Å²) in [6.07, 6.45) is 37.2. The number of fused-ring (bicyclic) bond motifs is 1. The van der Waals surface area contributed by atoms with Gasteiger partial charge in [-0.15, -0.1) is 0 Å². The number of aromatic nitrogens is 2. The molecule has 0 bridgehead atoms. The van der Waals surface area contributed by atoms with Gasteiger partial charge in [0.25, 0.3) is 0 Å². The topological polar surface area (TPSA) is 103 Å². The predicted octanol–water partition coefficient (Wildman–Crippen LogP) is 14.3. The summed E-state index contributed by atoms with van der Waals surface area (Å²) < 4.78 is 19.0. The zero-order valence-corrected chi connectivity index (χ0v) is 39.7. The average Bonchev–Trinajstić information content (AvgIpc) is 3.66. The third-order valence-corrected chi connectivity index (χ3v) is 12.1. The van der Waals surface area contributed by atoms with Gasteiger partial charge in [0.05, 0.1) is 43.2 Å². The van der Waals surface area contributed by atoms with Gasteiger partial charge in [-0.25, -0.2) is 9.78 Å². The molecule has 1 aromatic heterocycles. The van der Waals surface area contributed by atoms with Crippen LogP contribution in [0.5, 0.6) is 0 Å². The third kappa shape index (κ3) is 30.1. The lowest BCUT2D eigenvalue weighted by molar-refractivity contribution is -0.143. The third-order valence-electron chi connectivity index (χ3n) is 12.1. The maximum atomic E-state index is 12.6. The quantitative estimate of drug-likeness (QED) is 0.0520. The molecular formula is C52H93N3O6. The number of carbonyl (C=O) groups is 2. The van der Waals surface area contributed by atoms with Crippen LogP contribution in [0.15, 0.2) is 30.6 Å². The number of imidazole rings is 1. The molecule has 0 fully saturated rings. The smallest absolute Gasteiger partial charge is 0.466 e. The number of ether oxygens (including phenoxy) is 3. The first kappa shape index (κ1) is 54.5. The highest BCUT2D eigenvalue weighted by Crippen LogP contribution is 2.19. The van der Waals surface area contributed by atoms with Crippen molar-refractivity contribution in [1.29, 1.82) is 0 Å². The molecule has 2 rings (SSSR count). The van der Waals surface area contributed by atoms with E-state index in [-0.39, 0.29) is 12.1 Å². The fraction of sp³-hybridized carbons (Fsp3) is 0.827. The van der Waals surface area contributed by atoms with E-state index in [2.05, 4.69) is 30.7 Å². The Hall–Kier alpha value is -2.65. The highest BCUT2D eigenvalue weighted by Gasteiger charge is 2.17. The lowest BCUT2D eigenvalue weighted by Gasteiger charge is -2.25. The second-order valence-corrected chi connectivity index (χ2v) is 17.9. The number of aliphatic hydroxyl groups is 1. The first-order chi connectivity index (χ1) is 30.0. The van der Waals surface area contributed by atoms with Gasteiger partial charge in [-0.2, -0.15) is 0 Å². The molecule has 2 aromatic rings. The molecule has 0 saturated carbocycles. The zero-order valence-electron chi connectivity index (χ0n) is 39.7. The zero-order chi connectivity index (χ0) is 43.9. The summed E-state index contributed by atoms with van der Waals surface area (Å²) in [5, 5.41) is 11.2. The van der Waals surface area contributed by atoms with Gasteiger partial charge in [0.2, 0.25) is 0 Å². The van der Waals surface area contributed by atoms with Crippen molar-refractivity contribution in [2.24, 2.45) is 0 Å². The second-order valence-electron chi connectivity index (χ2n) is 17.9. The Morgan fingerprint density at radius 2 is 1.08 bits per heavy atom. The van der Waals surface area contributed by atoms with Gasteiger partial charge in [-0.05, 0) is 83.0 Å². The molecule has 1 N–H and O–H groups in total. The van der Waals surface area contributed by atoms with E-state index >= 15 is 0 Å². The Bertz CT molecular complexity index is 1290. The summed E-state index contributed by atoms with van der Waals surface area (Å²) >= 11 is 0. The van der Waals surface area contributed by atoms with E-state index in [1.807, 2.05) is 35.2 Å². The summed E-state index contributed by atoms with van der Waals surface area (Å²) in [5.41, 5.74) is 1.98. The molecule has 1 heterocycles. The minimum absolute atomic E-state index is 0.0265. The summed E-state index contributed by atoms with van der Waals surface area (Å²) in [6.45, 7) is 10.6. The summed E-state index contributed by atoms with van der Waals surface area (Å²) in [5.74, 6) is -0.0714. The molecule has 352 valence electrons. The minimum Gasteiger partial charge on any atom is -0.466 e. The number of esters is 1. The number of hydrogen-bond acceptors (Lipinski definition) is 8. The second kappa shape index (κ2) is 39.0. The van der Waals surface area contributed by atoms with E-state index in [0.717, 1.165) is 114 Å². The van der Waals surface area contributed by atoms with Crippen LogP contribution in [0.2, 0.25) is 0 Å². The Morgan fingerprint density at radius 3 is 1.66 bits per heavy atom. The first-order valence-corrected chi connectivity index (χ1v) is 25.8. The lowest BCUT2D eigenvalue weighted by Crippen LogP contribution is -2.36. The fourth-order valence-electron chi connectivity index (χ4n) is 8.35. The Kier molecular flexibility index (Phi) is 34.8. The number of hydrogen-bond donors (Lipinski definition) is 1. The van der Waals surface area contributed by atoms with Gasteiger partial charge < -0.3 is 28.8 Å². The molecular weight excluding hydrogens is 763 g/mol. The van der Waals surface area contributed by atoms with Crippen molar-refractivity contribution < 1.29 is 28.9 Å². The van der Waals surface area contributed by atoms with Crippen molar-refractivity contribution in [2.75, 3.05) is 32.8 Å². The molecule has 9 heteroatoms. The number of unbranched alkanes of at least 4 members (excludes halogenated alkanes) is 24. The Balaban J connectivity index is 1.67. The van der Waals surface area contributed by atoms with Crippen LogP contribution >= 0.6 is 0 Å². The molecule has 1 atom stereocenters. The van der Waals surface area contributed by atoms with E-state index in [1.54, 1.807) is 0 Å². The van der Waals surface area contributed by atoms with Crippen LogP contribution in [0.1, 0.15) is 226 Å². The molecule has 0 amide bonds. The van der Waals surface area contributed by atoms with Crippen LogP contribution in [0.4, 0.5) is 4.79 Å². The van der Waals surface area contributed by atoms with E-state index < -0.39 is 12.3 Å². The van der Waals surface area contributed by atoms with E-state index in [0.29, 0.717) is 32.7 Å². The first-order valence-electron chi connectivity index (χ1n) is 25.8. The Labute approximate surface area is 373 Å². The van der Waals surface area contributed by atoms with Crippen LogP contribution in [0.3, 0.4) is 0 Å². The van der Waals surface area contributed by atoms with E-state index in [9.17, 15) is 14.7 Å². The van der Waals surface area contributed by atoms with Crippen LogP contribution < -0.4 is 0 Å². The number of carbonyl (C=O) groups excluding carboxylic acids is 2. The molecule has 1 unspecified atom stereocenters. The molecule has 0 aliphatic carbocycles. The van der Waals surface area contributed by atoms with Crippen molar-refractivity contribution >= 4 is 23.2 Å². The van der Waals surface area contributed by atoms with Crippen LogP contribution in [-0.2, 0) is 25.5 Å². The number of nitrogens with zero attached hydrogens (tertiary/aromatic N) is 3. The van der Waals surface area contributed by atoms with Crippen LogP contribution in [-0.4, -0.2) is 76.7 Å². The van der Waals surface area contributed by atoms with Crippen molar-refractivity contribution in [3.05, 3.63) is 30.6 Å². The highest BCUT2D eigenvalue weighted by atomic mass is 16.7. The van der Waals surface area contributed by atoms with Crippen molar-refractivity contribution in [1.82, 2.24) is 14.5 Å². The maximum Gasteiger partial charge on any atom is 0.508 e. The Morgan fingerprint density at radius 1 is 0.607 bits per heavy atom. The molecule has 0 spiro atoms. The van der Waals surface area contributed by atoms with Crippen molar-refractivity contribution in [3.63, 3.8) is 0 Å². The summed E-state index contributed by atoms with van der Waals surface area (Å²) in [6, 6.07) is 8.05. The molecule has 0 aliphatic rings. The van der Waals surface area contributed by atoms with E-state index in [1.165, 1.54) is 109 Å². The van der Waals surface area contributed by atoms with Gasteiger partial charge >= 0.3 is 12.1 Å². The molecule has 61 heavy (non-hydrogen) atoms.